The molecule has 5 fully saturated rings. The zero-order valence-corrected chi connectivity index (χ0v) is 16.2. The maximum absolute atomic E-state index is 12.4. The van der Waals surface area contributed by atoms with Crippen molar-refractivity contribution in [1.82, 2.24) is 16.2 Å². The zero-order chi connectivity index (χ0) is 17.3. The van der Waals surface area contributed by atoms with Crippen LogP contribution in [0, 0.1) is 34.5 Å². The summed E-state index contributed by atoms with van der Waals surface area (Å²) < 4.78 is 0. The highest BCUT2D eigenvalue weighted by atomic mass is 32.1. The third-order valence-corrected chi connectivity index (χ3v) is 8.20. The van der Waals surface area contributed by atoms with Crippen LogP contribution in [0.5, 0.6) is 0 Å². The maximum atomic E-state index is 12.4. The van der Waals surface area contributed by atoms with Crippen LogP contribution in [-0.4, -0.2) is 16.6 Å². The standard InChI is InChI=1S/C19H31N3OS/c1-17(2)14(18(17,3)4)15(23)21-22-16(24)20-19-8-11-5-12(9-19)7-13(6-11)10-19/h11-14H,5-10H2,1-4H3,(H,21,23)(H2,20,22,24). The summed E-state index contributed by atoms with van der Waals surface area (Å²) in [6, 6.07) is 0. The highest BCUT2D eigenvalue weighted by molar-refractivity contribution is 7.80. The number of carbonyl (C=O) groups is 1. The highest BCUT2D eigenvalue weighted by Crippen LogP contribution is 2.68. The molecular formula is C19H31N3OS. The lowest BCUT2D eigenvalue weighted by Gasteiger charge is -2.57. The summed E-state index contributed by atoms with van der Waals surface area (Å²) in [5.74, 6) is 2.75. The van der Waals surface area contributed by atoms with Crippen molar-refractivity contribution in [2.24, 2.45) is 34.5 Å². The van der Waals surface area contributed by atoms with Crippen LogP contribution in [0.15, 0.2) is 0 Å². The number of carbonyl (C=O) groups excluding carboxylic acids is 1. The van der Waals surface area contributed by atoms with Gasteiger partial charge in [-0.1, -0.05) is 27.7 Å². The lowest BCUT2D eigenvalue weighted by Crippen LogP contribution is -2.62. The normalized spacial score (nSPS) is 40.9. The fraction of sp³-hybridized carbons (Fsp3) is 0.895. The lowest BCUT2D eigenvalue weighted by atomic mass is 9.53. The Labute approximate surface area is 150 Å². The molecule has 0 aromatic carbocycles. The van der Waals surface area contributed by atoms with Crippen molar-refractivity contribution in [2.45, 2.75) is 71.8 Å². The molecule has 0 saturated heterocycles. The van der Waals surface area contributed by atoms with Gasteiger partial charge in [0.2, 0.25) is 5.91 Å². The van der Waals surface area contributed by atoms with Crippen LogP contribution >= 0.6 is 12.2 Å². The average molecular weight is 350 g/mol. The molecular weight excluding hydrogens is 318 g/mol. The first-order valence-electron chi connectivity index (χ1n) is 9.51. The van der Waals surface area contributed by atoms with Crippen molar-refractivity contribution in [3.8, 4) is 0 Å². The van der Waals surface area contributed by atoms with Crippen LogP contribution in [0.1, 0.15) is 66.2 Å². The second-order valence-electron chi connectivity index (χ2n) is 10.1. The Morgan fingerprint density at radius 2 is 1.33 bits per heavy atom. The minimum absolute atomic E-state index is 0.0415. The van der Waals surface area contributed by atoms with E-state index in [0.29, 0.717) is 5.11 Å². The first kappa shape index (κ1) is 16.6. The summed E-state index contributed by atoms with van der Waals surface area (Å²) in [5.41, 5.74) is 6.10. The van der Waals surface area contributed by atoms with Crippen molar-refractivity contribution in [3.05, 3.63) is 0 Å². The summed E-state index contributed by atoms with van der Waals surface area (Å²) in [4.78, 5) is 12.4. The molecule has 5 aliphatic carbocycles. The predicted molar refractivity (Wildman–Crippen MR) is 99.0 cm³/mol. The van der Waals surface area contributed by atoms with Crippen LogP contribution in [0.25, 0.3) is 0 Å². The van der Waals surface area contributed by atoms with Crippen molar-refractivity contribution in [2.75, 3.05) is 0 Å². The maximum Gasteiger partial charge on any atom is 0.242 e. The van der Waals surface area contributed by atoms with E-state index in [2.05, 4.69) is 43.9 Å². The molecule has 1 amide bonds. The topological polar surface area (TPSA) is 53.2 Å². The number of hydrogen-bond acceptors (Lipinski definition) is 2. The van der Waals surface area contributed by atoms with E-state index < -0.39 is 0 Å². The van der Waals surface area contributed by atoms with E-state index in [1.165, 1.54) is 38.5 Å². The summed E-state index contributed by atoms with van der Waals surface area (Å²) in [7, 11) is 0. The van der Waals surface area contributed by atoms with Crippen molar-refractivity contribution in [1.29, 1.82) is 0 Å². The van der Waals surface area contributed by atoms with E-state index in [0.717, 1.165) is 17.8 Å². The van der Waals surface area contributed by atoms with Gasteiger partial charge in [0.25, 0.3) is 0 Å². The third-order valence-electron chi connectivity index (χ3n) is 8.00. The molecule has 0 aliphatic heterocycles. The van der Waals surface area contributed by atoms with Gasteiger partial charge in [0.1, 0.15) is 0 Å². The summed E-state index contributed by atoms with van der Waals surface area (Å²) in [6.07, 6.45) is 8.00. The molecule has 5 rings (SSSR count). The first-order valence-corrected chi connectivity index (χ1v) is 9.92. The molecule has 5 saturated carbocycles. The molecule has 0 radical (unpaired) electrons. The fourth-order valence-corrected chi connectivity index (χ4v) is 6.85. The van der Waals surface area contributed by atoms with Crippen molar-refractivity contribution >= 4 is 23.2 Å². The Morgan fingerprint density at radius 3 is 1.75 bits per heavy atom. The van der Waals surface area contributed by atoms with Gasteiger partial charge in [0.15, 0.2) is 5.11 Å². The van der Waals surface area contributed by atoms with Gasteiger partial charge < -0.3 is 5.32 Å². The van der Waals surface area contributed by atoms with Gasteiger partial charge in [-0.25, -0.2) is 0 Å². The Kier molecular flexibility index (Phi) is 3.52. The molecule has 0 aromatic heterocycles. The summed E-state index contributed by atoms with van der Waals surface area (Å²) in [5, 5.41) is 4.17. The molecule has 5 heteroatoms. The summed E-state index contributed by atoms with van der Waals surface area (Å²) in [6.45, 7) is 8.62. The van der Waals surface area contributed by atoms with Gasteiger partial charge in [-0.05, 0) is 79.3 Å². The van der Waals surface area contributed by atoms with Crippen LogP contribution in [0.4, 0.5) is 0 Å². The number of hydrazine groups is 1. The first-order chi connectivity index (χ1) is 11.1. The lowest BCUT2D eigenvalue weighted by molar-refractivity contribution is -0.124. The SMILES string of the molecule is CC1(C)C(C(=O)NNC(=S)NC23CC4CC(CC(C4)C2)C3)C1(C)C. The van der Waals surface area contributed by atoms with E-state index in [1.807, 2.05) is 0 Å². The minimum Gasteiger partial charge on any atom is -0.356 e. The second-order valence-corrected chi connectivity index (χ2v) is 10.6. The zero-order valence-electron chi connectivity index (χ0n) is 15.4. The average Bonchev–Trinajstić information content (AvgIpc) is 2.84. The third kappa shape index (κ3) is 2.46. The van der Waals surface area contributed by atoms with Crippen LogP contribution in [0.3, 0.4) is 0 Å². The monoisotopic (exact) mass is 349 g/mol. The van der Waals surface area contributed by atoms with Crippen LogP contribution in [-0.2, 0) is 4.79 Å². The molecule has 134 valence electrons. The minimum atomic E-state index is 0.0415. The molecule has 4 bridgehead atoms. The van der Waals surface area contributed by atoms with E-state index in [9.17, 15) is 4.79 Å². The van der Waals surface area contributed by atoms with Gasteiger partial charge in [-0.15, -0.1) is 0 Å². The molecule has 0 atom stereocenters. The Bertz CT molecular complexity index is 534. The van der Waals surface area contributed by atoms with Gasteiger partial charge in [0.05, 0.1) is 5.92 Å². The Balaban J connectivity index is 1.31. The number of thiocarbonyl (C=S) groups is 1. The smallest absolute Gasteiger partial charge is 0.242 e. The van der Waals surface area contributed by atoms with E-state index in [4.69, 9.17) is 12.2 Å². The fourth-order valence-electron chi connectivity index (χ4n) is 6.58. The second kappa shape index (κ2) is 5.09. The number of hydrogen-bond donors (Lipinski definition) is 3. The van der Waals surface area contributed by atoms with Crippen LogP contribution < -0.4 is 16.2 Å². The van der Waals surface area contributed by atoms with Crippen molar-refractivity contribution < 1.29 is 4.79 Å². The number of amides is 1. The number of rotatable bonds is 2. The Hall–Kier alpha value is -0.840. The van der Waals surface area contributed by atoms with E-state index >= 15 is 0 Å². The highest BCUT2D eigenvalue weighted by Gasteiger charge is 2.68. The van der Waals surface area contributed by atoms with E-state index in [-0.39, 0.29) is 28.2 Å². The van der Waals surface area contributed by atoms with Gasteiger partial charge in [-0.2, -0.15) is 0 Å². The molecule has 0 heterocycles. The molecule has 24 heavy (non-hydrogen) atoms. The quantitative estimate of drug-likeness (QED) is 0.530. The van der Waals surface area contributed by atoms with Gasteiger partial charge in [0, 0.05) is 5.54 Å². The van der Waals surface area contributed by atoms with E-state index in [1.54, 1.807) is 0 Å². The number of nitrogens with one attached hydrogen (secondary N) is 3. The molecule has 4 nitrogen and oxygen atoms in total. The molecule has 0 unspecified atom stereocenters. The van der Waals surface area contributed by atoms with Crippen molar-refractivity contribution in [3.63, 3.8) is 0 Å². The van der Waals surface area contributed by atoms with Gasteiger partial charge in [-0.3, -0.25) is 15.6 Å². The molecule has 0 spiro atoms. The van der Waals surface area contributed by atoms with Crippen LogP contribution in [0.2, 0.25) is 0 Å². The summed E-state index contributed by atoms with van der Waals surface area (Å²) >= 11 is 5.49. The molecule has 5 aliphatic rings. The predicted octanol–water partition coefficient (Wildman–Crippen LogP) is 3.13. The molecule has 0 aromatic rings. The van der Waals surface area contributed by atoms with Gasteiger partial charge >= 0.3 is 0 Å². The molecule has 3 N–H and O–H groups in total. The Morgan fingerprint density at radius 1 is 0.875 bits per heavy atom. The largest absolute Gasteiger partial charge is 0.356 e.